The fraction of sp³-hybridized carbons (Fsp3) is 0.133. The van der Waals surface area contributed by atoms with E-state index < -0.39 is 4.92 Å². The highest BCUT2D eigenvalue weighted by atomic mass is 35.5. The minimum atomic E-state index is -0.478. The van der Waals surface area contributed by atoms with Gasteiger partial charge in [0.05, 0.1) is 22.2 Å². The predicted molar refractivity (Wildman–Crippen MR) is 86.4 cm³/mol. The average molecular weight is 320 g/mol. The van der Waals surface area contributed by atoms with Crippen molar-refractivity contribution in [2.45, 2.75) is 6.92 Å². The lowest BCUT2D eigenvalue weighted by molar-refractivity contribution is -0.384. The Morgan fingerprint density at radius 3 is 2.64 bits per heavy atom. The number of nitrogens with zero attached hydrogens (tertiary/aromatic N) is 1. The van der Waals surface area contributed by atoms with Crippen molar-refractivity contribution in [1.82, 2.24) is 0 Å². The van der Waals surface area contributed by atoms with Gasteiger partial charge in [-0.25, -0.2) is 0 Å². The molecule has 7 heteroatoms. The number of hydrogen-bond acceptors (Lipinski definition) is 4. The maximum absolute atomic E-state index is 11.9. The van der Waals surface area contributed by atoms with Gasteiger partial charge in [-0.05, 0) is 24.6 Å². The van der Waals surface area contributed by atoms with Gasteiger partial charge in [0.15, 0.2) is 0 Å². The summed E-state index contributed by atoms with van der Waals surface area (Å²) in [7, 11) is 0. The van der Waals surface area contributed by atoms with Crippen LogP contribution in [0.25, 0.3) is 0 Å². The third-order valence-corrected chi connectivity index (χ3v) is 3.35. The Hall–Kier alpha value is -2.60. The van der Waals surface area contributed by atoms with Gasteiger partial charge >= 0.3 is 0 Å². The summed E-state index contributed by atoms with van der Waals surface area (Å²) in [5.74, 6) is -0.293. The molecule has 0 fully saturated rings. The lowest BCUT2D eigenvalue weighted by Gasteiger charge is -2.10. The fourth-order valence-corrected chi connectivity index (χ4v) is 2.03. The van der Waals surface area contributed by atoms with E-state index in [0.717, 1.165) is 5.56 Å². The SMILES string of the molecule is Cc1ccc([N+](=O)[O-])cc1NCC(=O)Nc1ccccc1Cl. The molecule has 2 rings (SSSR count). The van der Waals surface area contributed by atoms with E-state index in [4.69, 9.17) is 11.6 Å². The zero-order valence-corrected chi connectivity index (χ0v) is 12.6. The van der Waals surface area contributed by atoms with Gasteiger partial charge in [-0.15, -0.1) is 0 Å². The van der Waals surface area contributed by atoms with Crippen molar-refractivity contribution in [2.24, 2.45) is 0 Å². The molecule has 0 spiro atoms. The molecule has 0 radical (unpaired) electrons. The first kappa shape index (κ1) is 15.8. The Bertz CT molecular complexity index is 719. The van der Waals surface area contributed by atoms with Crippen molar-refractivity contribution in [2.75, 3.05) is 17.2 Å². The third-order valence-electron chi connectivity index (χ3n) is 3.02. The molecule has 2 N–H and O–H groups in total. The molecule has 0 heterocycles. The lowest BCUT2D eigenvalue weighted by atomic mass is 10.2. The number of anilines is 2. The molecule has 0 aliphatic rings. The van der Waals surface area contributed by atoms with Crippen LogP contribution in [0, 0.1) is 17.0 Å². The van der Waals surface area contributed by atoms with Gasteiger partial charge in [0, 0.05) is 17.8 Å². The monoisotopic (exact) mass is 319 g/mol. The molecule has 0 saturated heterocycles. The highest BCUT2D eigenvalue weighted by molar-refractivity contribution is 6.33. The number of hydrogen-bond donors (Lipinski definition) is 2. The van der Waals surface area contributed by atoms with Crippen LogP contribution in [0.1, 0.15) is 5.56 Å². The molecule has 114 valence electrons. The molecule has 1 amide bonds. The molecule has 0 unspecified atom stereocenters. The third kappa shape index (κ3) is 3.95. The van der Waals surface area contributed by atoms with E-state index in [1.807, 2.05) is 0 Å². The molecule has 2 aromatic rings. The van der Waals surface area contributed by atoms with Crippen molar-refractivity contribution in [3.8, 4) is 0 Å². The first-order valence-corrected chi connectivity index (χ1v) is 6.88. The second kappa shape index (κ2) is 6.91. The standard InChI is InChI=1S/C15H14ClN3O3/c1-10-6-7-11(19(21)22)8-14(10)17-9-15(20)18-13-5-3-2-4-12(13)16/h2-8,17H,9H2,1H3,(H,18,20). The number of nitro groups is 1. The van der Waals surface area contributed by atoms with Crippen molar-refractivity contribution in [3.63, 3.8) is 0 Å². The molecule has 0 bridgehead atoms. The predicted octanol–water partition coefficient (Wildman–Crippen LogP) is 3.61. The van der Waals surface area contributed by atoms with Gasteiger partial charge in [-0.3, -0.25) is 14.9 Å². The molecule has 0 aliphatic carbocycles. The summed E-state index contributed by atoms with van der Waals surface area (Å²) in [6, 6.07) is 11.4. The van der Waals surface area contributed by atoms with E-state index in [2.05, 4.69) is 10.6 Å². The van der Waals surface area contributed by atoms with Crippen LogP contribution in [0.15, 0.2) is 42.5 Å². The van der Waals surface area contributed by atoms with E-state index in [1.54, 1.807) is 37.3 Å². The maximum atomic E-state index is 11.9. The minimum Gasteiger partial charge on any atom is -0.376 e. The van der Waals surface area contributed by atoms with Crippen LogP contribution in [0.4, 0.5) is 17.1 Å². The van der Waals surface area contributed by atoms with Gasteiger partial charge in [0.25, 0.3) is 5.69 Å². The number of nitro benzene ring substituents is 1. The van der Waals surface area contributed by atoms with E-state index in [9.17, 15) is 14.9 Å². The summed E-state index contributed by atoms with van der Waals surface area (Å²) >= 11 is 5.96. The van der Waals surface area contributed by atoms with E-state index >= 15 is 0 Å². The largest absolute Gasteiger partial charge is 0.376 e. The summed E-state index contributed by atoms with van der Waals surface area (Å²) in [6.07, 6.45) is 0. The van der Waals surface area contributed by atoms with Gasteiger partial charge in [-0.1, -0.05) is 29.8 Å². The van der Waals surface area contributed by atoms with Crippen LogP contribution in [0.5, 0.6) is 0 Å². The Balaban J connectivity index is 2.01. The molecule has 0 aliphatic heterocycles. The molecule has 2 aromatic carbocycles. The molecular weight excluding hydrogens is 306 g/mol. The second-order valence-electron chi connectivity index (χ2n) is 4.64. The number of carbonyl (C=O) groups excluding carboxylic acids is 1. The summed E-state index contributed by atoms with van der Waals surface area (Å²) in [5, 5.41) is 16.8. The molecule has 0 saturated carbocycles. The smallest absolute Gasteiger partial charge is 0.271 e. The van der Waals surface area contributed by atoms with Crippen LogP contribution >= 0.6 is 11.6 Å². The summed E-state index contributed by atoms with van der Waals surface area (Å²) in [6.45, 7) is 1.78. The number of carbonyl (C=O) groups is 1. The van der Waals surface area contributed by atoms with Crippen LogP contribution in [-0.4, -0.2) is 17.4 Å². The van der Waals surface area contributed by atoms with Gasteiger partial charge in [0.1, 0.15) is 0 Å². The minimum absolute atomic E-state index is 0.0206. The summed E-state index contributed by atoms with van der Waals surface area (Å²) < 4.78 is 0. The Morgan fingerprint density at radius 2 is 1.95 bits per heavy atom. The number of aryl methyl sites for hydroxylation is 1. The number of amides is 1. The van der Waals surface area contributed by atoms with Crippen molar-refractivity contribution in [3.05, 3.63) is 63.2 Å². The van der Waals surface area contributed by atoms with Crippen LogP contribution < -0.4 is 10.6 Å². The zero-order valence-electron chi connectivity index (χ0n) is 11.8. The normalized spacial score (nSPS) is 10.1. The first-order chi connectivity index (χ1) is 10.5. The van der Waals surface area contributed by atoms with Crippen molar-refractivity contribution >= 4 is 34.6 Å². The van der Waals surface area contributed by atoms with Crippen LogP contribution in [0.3, 0.4) is 0 Å². The number of non-ortho nitro benzene ring substituents is 1. The van der Waals surface area contributed by atoms with Gasteiger partial charge in [-0.2, -0.15) is 0 Å². The highest BCUT2D eigenvalue weighted by Crippen LogP contribution is 2.22. The molecule has 6 nitrogen and oxygen atoms in total. The number of rotatable bonds is 5. The van der Waals surface area contributed by atoms with Crippen molar-refractivity contribution < 1.29 is 9.72 Å². The number of para-hydroxylation sites is 1. The zero-order chi connectivity index (χ0) is 16.1. The first-order valence-electron chi connectivity index (χ1n) is 6.50. The number of benzene rings is 2. The second-order valence-corrected chi connectivity index (χ2v) is 5.05. The Labute approximate surface area is 132 Å². The average Bonchev–Trinajstić information content (AvgIpc) is 2.48. The molecule has 0 atom stereocenters. The number of nitrogens with one attached hydrogen (secondary N) is 2. The maximum Gasteiger partial charge on any atom is 0.271 e. The number of halogens is 1. The van der Waals surface area contributed by atoms with Gasteiger partial charge < -0.3 is 10.6 Å². The Morgan fingerprint density at radius 1 is 1.23 bits per heavy atom. The van der Waals surface area contributed by atoms with Crippen LogP contribution in [-0.2, 0) is 4.79 Å². The van der Waals surface area contributed by atoms with Crippen molar-refractivity contribution in [1.29, 1.82) is 0 Å². The molecular formula is C15H14ClN3O3. The molecule has 0 aromatic heterocycles. The summed E-state index contributed by atoms with van der Waals surface area (Å²) in [4.78, 5) is 22.2. The van der Waals surface area contributed by atoms with E-state index in [-0.39, 0.29) is 18.1 Å². The van der Waals surface area contributed by atoms with E-state index in [0.29, 0.717) is 16.4 Å². The summed E-state index contributed by atoms with van der Waals surface area (Å²) in [5.41, 5.74) is 1.85. The molecule has 22 heavy (non-hydrogen) atoms. The van der Waals surface area contributed by atoms with E-state index in [1.165, 1.54) is 12.1 Å². The van der Waals surface area contributed by atoms with Gasteiger partial charge in [0.2, 0.25) is 5.91 Å². The fourth-order valence-electron chi connectivity index (χ4n) is 1.85. The Kier molecular flexibility index (Phi) is 4.95. The quantitative estimate of drug-likeness (QED) is 0.651. The van der Waals surface area contributed by atoms with Crippen LogP contribution in [0.2, 0.25) is 5.02 Å². The topological polar surface area (TPSA) is 84.3 Å². The lowest BCUT2D eigenvalue weighted by Crippen LogP contribution is -2.22. The highest BCUT2D eigenvalue weighted by Gasteiger charge is 2.10.